The van der Waals surface area contributed by atoms with E-state index in [2.05, 4.69) is 16.6 Å². The largest absolute Gasteiger partial charge is 0.396 e. The van der Waals surface area contributed by atoms with E-state index in [1.807, 2.05) is 4.57 Å². The Bertz CT molecular complexity index is 538. The predicted octanol–water partition coefficient (Wildman–Crippen LogP) is -0.297. The standard InChI is InChI=1S/C12H17N5O2/c1-7-8(4-18)11(19)2-10(7)17-6-14-9-3-16(13)5-15-12(9)17/h5-6,8,10-11,18-19H,1-4,13H2/t8-,10-,11-/m0/s1. The minimum atomic E-state index is -0.570. The number of nitrogens with zero attached hydrogens (tertiary/aromatic N) is 4. The number of imidazole rings is 1. The van der Waals surface area contributed by atoms with Crippen molar-refractivity contribution in [3.8, 4) is 0 Å². The van der Waals surface area contributed by atoms with Crippen molar-refractivity contribution < 1.29 is 10.2 Å². The molecule has 4 N–H and O–H groups in total. The fraction of sp³-hybridized carbons (Fsp3) is 0.500. The highest BCUT2D eigenvalue weighted by molar-refractivity contribution is 5.63. The molecule has 2 aliphatic rings. The Labute approximate surface area is 110 Å². The molecule has 1 fully saturated rings. The van der Waals surface area contributed by atoms with Crippen molar-refractivity contribution in [1.82, 2.24) is 14.6 Å². The van der Waals surface area contributed by atoms with Gasteiger partial charge in [0.15, 0.2) is 5.82 Å². The molecule has 102 valence electrons. The van der Waals surface area contributed by atoms with Crippen molar-refractivity contribution in [3.05, 3.63) is 24.2 Å². The Morgan fingerprint density at radius 2 is 2.32 bits per heavy atom. The molecule has 1 aliphatic carbocycles. The first-order valence-electron chi connectivity index (χ1n) is 6.20. The first-order chi connectivity index (χ1) is 9.11. The third-order valence-corrected chi connectivity index (χ3v) is 3.87. The molecule has 19 heavy (non-hydrogen) atoms. The molecular weight excluding hydrogens is 246 g/mol. The van der Waals surface area contributed by atoms with Crippen LogP contribution in [0, 0.1) is 5.92 Å². The van der Waals surface area contributed by atoms with Crippen molar-refractivity contribution in [2.75, 3.05) is 6.61 Å². The number of hydrogen-bond donors (Lipinski definition) is 3. The van der Waals surface area contributed by atoms with Gasteiger partial charge in [-0.25, -0.2) is 15.8 Å². The van der Waals surface area contributed by atoms with E-state index >= 15 is 0 Å². The Morgan fingerprint density at radius 3 is 3.00 bits per heavy atom. The lowest BCUT2D eigenvalue weighted by Crippen LogP contribution is -2.30. The van der Waals surface area contributed by atoms with E-state index in [0.29, 0.717) is 13.0 Å². The van der Waals surface area contributed by atoms with Crippen LogP contribution in [0.25, 0.3) is 0 Å². The SMILES string of the molecule is C=C1[C@H](CO)[C@@H](O)C[C@@H]1n1cnc2c1N=CN(N)C2. The second-order valence-corrected chi connectivity index (χ2v) is 5.02. The number of hydrogen-bond acceptors (Lipinski definition) is 6. The molecule has 0 radical (unpaired) electrons. The summed E-state index contributed by atoms with van der Waals surface area (Å²) in [6.07, 6.45) is 3.20. The fourth-order valence-corrected chi connectivity index (χ4v) is 2.79. The molecule has 7 nitrogen and oxygen atoms in total. The van der Waals surface area contributed by atoms with Crippen LogP contribution in [0.3, 0.4) is 0 Å². The van der Waals surface area contributed by atoms with Crippen molar-refractivity contribution in [3.63, 3.8) is 0 Å². The quantitative estimate of drug-likeness (QED) is 0.502. The lowest BCUT2D eigenvalue weighted by atomic mass is 10.0. The van der Waals surface area contributed by atoms with Crippen LogP contribution in [-0.2, 0) is 6.54 Å². The second-order valence-electron chi connectivity index (χ2n) is 5.02. The van der Waals surface area contributed by atoms with Gasteiger partial charge < -0.3 is 14.8 Å². The van der Waals surface area contributed by atoms with Gasteiger partial charge in [0.05, 0.1) is 31.6 Å². The van der Waals surface area contributed by atoms with E-state index in [4.69, 9.17) is 5.84 Å². The summed E-state index contributed by atoms with van der Waals surface area (Å²) in [4.78, 5) is 8.58. The fourth-order valence-electron chi connectivity index (χ4n) is 2.79. The van der Waals surface area contributed by atoms with E-state index in [-0.39, 0.29) is 18.6 Å². The van der Waals surface area contributed by atoms with Crippen LogP contribution >= 0.6 is 0 Å². The summed E-state index contributed by atoms with van der Waals surface area (Å²) >= 11 is 0. The highest BCUT2D eigenvalue weighted by Crippen LogP contribution is 2.41. The number of rotatable bonds is 2. The van der Waals surface area contributed by atoms with E-state index < -0.39 is 6.10 Å². The molecule has 1 aromatic heterocycles. The van der Waals surface area contributed by atoms with Gasteiger partial charge in [-0.3, -0.25) is 5.01 Å². The molecule has 0 unspecified atom stereocenters. The van der Waals surface area contributed by atoms with Gasteiger partial charge in [-0.1, -0.05) is 6.58 Å². The smallest absolute Gasteiger partial charge is 0.159 e. The van der Waals surface area contributed by atoms with Gasteiger partial charge in [-0.2, -0.15) is 0 Å². The van der Waals surface area contributed by atoms with E-state index in [1.54, 1.807) is 12.7 Å². The summed E-state index contributed by atoms with van der Waals surface area (Å²) in [6, 6.07) is -0.0788. The summed E-state index contributed by atoms with van der Waals surface area (Å²) in [5.74, 6) is 6.12. The zero-order valence-electron chi connectivity index (χ0n) is 10.5. The van der Waals surface area contributed by atoms with Crippen LogP contribution in [0.2, 0.25) is 0 Å². The van der Waals surface area contributed by atoms with E-state index in [0.717, 1.165) is 17.1 Å². The molecule has 0 spiro atoms. The highest BCUT2D eigenvalue weighted by Gasteiger charge is 2.38. The normalized spacial score (nSPS) is 29.9. The molecule has 0 amide bonds. The van der Waals surface area contributed by atoms with E-state index in [1.165, 1.54) is 5.01 Å². The number of hydrazine groups is 1. The van der Waals surface area contributed by atoms with Crippen LogP contribution in [0.15, 0.2) is 23.5 Å². The van der Waals surface area contributed by atoms with Gasteiger partial charge in [0, 0.05) is 5.92 Å². The first kappa shape index (κ1) is 12.3. The van der Waals surface area contributed by atoms with Crippen LogP contribution in [0.5, 0.6) is 0 Å². The summed E-state index contributed by atoms with van der Waals surface area (Å²) < 4.78 is 1.90. The summed E-state index contributed by atoms with van der Waals surface area (Å²) in [5, 5.41) is 20.7. The third kappa shape index (κ3) is 1.86. The van der Waals surface area contributed by atoms with Crippen LogP contribution in [0.1, 0.15) is 18.2 Å². The number of aliphatic hydroxyl groups is 2. The number of fused-ring (bicyclic) bond motifs is 1. The lowest BCUT2D eigenvalue weighted by molar-refractivity contribution is 0.101. The summed E-state index contributed by atoms with van der Waals surface area (Å²) in [6.45, 7) is 4.42. The number of aromatic nitrogens is 2. The molecule has 1 aliphatic heterocycles. The maximum Gasteiger partial charge on any atom is 0.159 e. The maximum atomic E-state index is 9.95. The molecule has 1 aromatic rings. The average Bonchev–Trinajstić information content (AvgIpc) is 2.90. The second kappa shape index (κ2) is 4.44. The predicted molar refractivity (Wildman–Crippen MR) is 69.5 cm³/mol. The molecule has 0 saturated heterocycles. The van der Waals surface area contributed by atoms with Gasteiger partial charge in [0.1, 0.15) is 12.0 Å². The van der Waals surface area contributed by atoms with Gasteiger partial charge in [0.2, 0.25) is 0 Å². The molecular formula is C12H17N5O2. The van der Waals surface area contributed by atoms with Gasteiger partial charge in [-0.05, 0) is 12.0 Å². The van der Waals surface area contributed by atoms with Gasteiger partial charge in [-0.15, -0.1) is 0 Å². The Balaban J connectivity index is 1.94. The maximum absolute atomic E-state index is 9.95. The minimum absolute atomic E-state index is 0.0788. The van der Waals surface area contributed by atoms with Crippen molar-refractivity contribution in [2.45, 2.75) is 25.1 Å². The molecule has 0 bridgehead atoms. The molecule has 3 atom stereocenters. The molecule has 0 aromatic carbocycles. The Morgan fingerprint density at radius 1 is 1.53 bits per heavy atom. The van der Waals surface area contributed by atoms with Crippen LogP contribution in [0.4, 0.5) is 5.82 Å². The van der Waals surface area contributed by atoms with Crippen molar-refractivity contribution >= 4 is 12.2 Å². The lowest BCUT2D eigenvalue weighted by Gasteiger charge is -2.20. The van der Waals surface area contributed by atoms with Crippen molar-refractivity contribution in [1.29, 1.82) is 0 Å². The van der Waals surface area contributed by atoms with Gasteiger partial charge in [0.25, 0.3) is 0 Å². The number of aliphatic imine (C=N–C) groups is 1. The summed E-state index contributed by atoms with van der Waals surface area (Å²) in [5.41, 5.74) is 1.63. The molecule has 7 heteroatoms. The molecule has 3 rings (SSSR count). The zero-order chi connectivity index (χ0) is 13.6. The van der Waals surface area contributed by atoms with Gasteiger partial charge >= 0.3 is 0 Å². The van der Waals surface area contributed by atoms with E-state index in [9.17, 15) is 10.2 Å². The number of aliphatic hydroxyl groups excluding tert-OH is 2. The monoisotopic (exact) mass is 263 g/mol. The summed E-state index contributed by atoms with van der Waals surface area (Å²) in [7, 11) is 0. The number of nitrogens with two attached hydrogens (primary N) is 1. The molecule has 2 heterocycles. The highest BCUT2D eigenvalue weighted by atomic mass is 16.3. The van der Waals surface area contributed by atoms with Crippen molar-refractivity contribution in [2.24, 2.45) is 16.8 Å². The Hall–Kier alpha value is -1.70. The van der Waals surface area contributed by atoms with Crippen LogP contribution < -0.4 is 5.84 Å². The molecule has 1 saturated carbocycles. The third-order valence-electron chi connectivity index (χ3n) is 3.87. The first-order valence-corrected chi connectivity index (χ1v) is 6.20. The van der Waals surface area contributed by atoms with Crippen LogP contribution in [-0.4, -0.2) is 43.8 Å². The average molecular weight is 263 g/mol. The topological polar surface area (TPSA) is 99.9 Å². The Kier molecular flexibility index (Phi) is 2.89. The minimum Gasteiger partial charge on any atom is -0.396 e. The zero-order valence-corrected chi connectivity index (χ0v) is 10.5.